The molecule has 0 saturated carbocycles. The maximum atomic E-state index is 5.91. The smallest absolute Gasteiger partial charge is 0.0929 e. The molecule has 1 aliphatic heterocycles. The van der Waals surface area contributed by atoms with Gasteiger partial charge in [-0.05, 0) is 17.5 Å². The van der Waals surface area contributed by atoms with Crippen LogP contribution in [0.1, 0.15) is 17.2 Å². The minimum atomic E-state index is 0.330. The van der Waals surface area contributed by atoms with Crippen molar-refractivity contribution in [1.29, 1.82) is 0 Å². The normalized spacial score (nSPS) is 34.9. The number of hydrogen-bond donors (Lipinski definition) is 0. The van der Waals surface area contributed by atoms with Gasteiger partial charge in [-0.15, -0.1) is 0 Å². The van der Waals surface area contributed by atoms with E-state index in [1.54, 1.807) is 5.57 Å². The van der Waals surface area contributed by atoms with E-state index in [-0.39, 0.29) is 0 Å². The monoisotopic (exact) mass is 196 g/mol. The van der Waals surface area contributed by atoms with Gasteiger partial charge in [0.25, 0.3) is 0 Å². The highest BCUT2D eigenvalue weighted by Crippen LogP contribution is 2.52. The van der Waals surface area contributed by atoms with Crippen molar-refractivity contribution in [1.82, 2.24) is 0 Å². The van der Waals surface area contributed by atoms with E-state index in [9.17, 15) is 0 Å². The molecule has 3 atom stereocenters. The van der Waals surface area contributed by atoms with Crippen LogP contribution in [0.3, 0.4) is 0 Å². The van der Waals surface area contributed by atoms with Crippen molar-refractivity contribution in [2.45, 2.75) is 18.6 Å². The molecule has 1 aromatic carbocycles. The molecule has 1 nitrogen and oxygen atoms in total. The number of fused-ring (bicyclic) bond motifs is 2. The molecule has 1 aromatic rings. The van der Waals surface area contributed by atoms with Crippen molar-refractivity contribution < 1.29 is 4.74 Å². The number of allylic oxidation sites excluding steroid dienone is 2. The summed E-state index contributed by atoms with van der Waals surface area (Å²) < 4.78 is 5.91. The first-order valence-electron chi connectivity index (χ1n) is 5.54. The van der Waals surface area contributed by atoms with Gasteiger partial charge in [-0.2, -0.15) is 0 Å². The fourth-order valence-electron chi connectivity index (χ4n) is 3.03. The van der Waals surface area contributed by atoms with Crippen LogP contribution in [0.2, 0.25) is 0 Å². The van der Waals surface area contributed by atoms with Gasteiger partial charge < -0.3 is 4.74 Å². The van der Waals surface area contributed by atoms with Crippen molar-refractivity contribution in [2.75, 3.05) is 0 Å². The first kappa shape index (κ1) is 7.89. The van der Waals surface area contributed by atoms with E-state index >= 15 is 0 Å². The molecule has 1 saturated heterocycles. The van der Waals surface area contributed by atoms with Crippen LogP contribution in [0.5, 0.6) is 0 Å². The van der Waals surface area contributed by atoms with Crippen LogP contribution >= 0.6 is 0 Å². The lowest BCUT2D eigenvalue weighted by Crippen LogP contribution is -2.46. The van der Waals surface area contributed by atoms with Gasteiger partial charge in [0.2, 0.25) is 0 Å². The molecule has 0 radical (unpaired) electrons. The number of ether oxygens (including phenoxy) is 1. The zero-order valence-electron chi connectivity index (χ0n) is 8.39. The summed E-state index contributed by atoms with van der Waals surface area (Å²) >= 11 is 0. The summed E-state index contributed by atoms with van der Waals surface area (Å²) in [5.41, 5.74) is 4.41. The molecule has 0 N–H and O–H groups in total. The summed E-state index contributed by atoms with van der Waals surface area (Å²) in [5.74, 6) is 0.630. The van der Waals surface area contributed by atoms with Crippen LogP contribution in [-0.2, 0) is 11.2 Å². The van der Waals surface area contributed by atoms with Crippen LogP contribution in [0.25, 0.3) is 0 Å². The van der Waals surface area contributed by atoms with Crippen molar-refractivity contribution in [3.63, 3.8) is 0 Å². The number of hydrogen-bond acceptors (Lipinski definition) is 1. The summed E-state index contributed by atoms with van der Waals surface area (Å²) in [6, 6.07) is 8.67. The standard InChI is InChI=1S/C14H12O/c1-2-6-11-9(4-1)8-10-5-3-7-12-13(10)14(11)15-12/h1-7,12-14H,8H2/t12-,13?,14+/m1/s1. The van der Waals surface area contributed by atoms with Crippen LogP contribution in [0, 0.1) is 5.92 Å². The van der Waals surface area contributed by atoms with Crippen LogP contribution in [-0.4, -0.2) is 6.10 Å². The van der Waals surface area contributed by atoms with Crippen molar-refractivity contribution in [3.8, 4) is 0 Å². The van der Waals surface area contributed by atoms with Gasteiger partial charge in [0, 0.05) is 5.92 Å². The van der Waals surface area contributed by atoms with Crippen molar-refractivity contribution in [2.24, 2.45) is 5.92 Å². The van der Waals surface area contributed by atoms with Gasteiger partial charge >= 0.3 is 0 Å². The number of benzene rings is 1. The SMILES string of the molecule is C1=C[C@H]2O[C@H]3c4ccccc4CC(=C1)C23. The predicted octanol–water partition coefficient (Wildman–Crippen LogP) is 2.80. The molecule has 0 amide bonds. The second-order valence-electron chi connectivity index (χ2n) is 4.55. The van der Waals surface area contributed by atoms with E-state index in [2.05, 4.69) is 42.5 Å². The molecule has 0 aromatic heterocycles. The molecule has 15 heavy (non-hydrogen) atoms. The van der Waals surface area contributed by atoms with Crippen molar-refractivity contribution in [3.05, 3.63) is 59.2 Å². The van der Waals surface area contributed by atoms with Gasteiger partial charge in [-0.3, -0.25) is 0 Å². The molecule has 1 heteroatoms. The van der Waals surface area contributed by atoms with Gasteiger partial charge in [-0.1, -0.05) is 48.1 Å². The van der Waals surface area contributed by atoms with Crippen LogP contribution in [0.15, 0.2) is 48.1 Å². The first-order valence-corrected chi connectivity index (χ1v) is 5.54. The molecule has 74 valence electrons. The molecule has 2 aliphatic carbocycles. The minimum absolute atomic E-state index is 0.330. The zero-order valence-corrected chi connectivity index (χ0v) is 8.39. The third kappa shape index (κ3) is 0.915. The largest absolute Gasteiger partial charge is 0.365 e. The molecular formula is C14H12O. The van der Waals surface area contributed by atoms with E-state index in [4.69, 9.17) is 4.74 Å². The highest BCUT2D eigenvalue weighted by molar-refractivity contribution is 5.45. The summed E-state index contributed by atoms with van der Waals surface area (Å²) in [5, 5.41) is 0. The Kier molecular flexibility index (Phi) is 1.37. The third-order valence-electron chi connectivity index (χ3n) is 3.78. The lowest BCUT2D eigenvalue weighted by atomic mass is 9.69. The first-order chi connectivity index (χ1) is 7.43. The molecule has 4 rings (SSSR count). The van der Waals surface area contributed by atoms with Gasteiger partial charge in [0.05, 0.1) is 12.2 Å². The average Bonchev–Trinajstić information content (AvgIpc) is 2.24. The van der Waals surface area contributed by atoms with Gasteiger partial charge in [0.15, 0.2) is 0 Å². The molecule has 0 spiro atoms. The summed E-state index contributed by atoms with van der Waals surface area (Å²) in [7, 11) is 0. The van der Waals surface area contributed by atoms with E-state index < -0.39 is 0 Å². The lowest BCUT2D eigenvalue weighted by molar-refractivity contribution is -0.152. The molecular weight excluding hydrogens is 184 g/mol. The van der Waals surface area contributed by atoms with Crippen molar-refractivity contribution >= 4 is 0 Å². The van der Waals surface area contributed by atoms with E-state index in [0.29, 0.717) is 18.1 Å². The molecule has 1 unspecified atom stereocenters. The molecule has 0 bridgehead atoms. The Morgan fingerprint density at radius 2 is 2.13 bits per heavy atom. The van der Waals surface area contributed by atoms with E-state index in [0.717, 1.165) is 6.42 Å². The topological polar surface area (TPSA) is 9.23 Å². The fraction of sp³-hybridized carbons (Fsp3) is 0.286. The minimum Gasteiger partial charge on any atom is -0.365 e. The quantitative estimate of drug-likeness (QED) is 0.620. The summed E-state index contributed by atoms with van der Waals surface area (Å²) in [6.45, 7) is 0. The predicted molar refractivity (Wildman–Crippen MR) is 58.5 cm³/mol. The Hall–Kier alpha value is -1.34. The third-order valence-corrected chi connectivity index (χ3v) is 3.78. The lowest BCUT2D eigenvalue weighted by Gasteiger charge is -2.50. The summed E-state index contributed by atoms with van der Waals surface area (Å²) in [4.78, 5) is 0. The average molecular weight is 196 g/mol. The highest BCUT2D eigenvalue weighted by Gasteiger charge is 2.47. The summed E-state index contributed by atoms with van der Waals surface area (Å²) in [6.07, 6.45) is 8.38. The molecule has 1 heterocycles. The second-order valence-corrected chi connectivity index (χ2v) is 4.55. The Morgan fingerprint density at radius 3 is 3.13 bits per heavy atom. The van der Waals surface area contributed by atoms with E-state index in [1.165, 1.54) is 11.1 Å². The number of rotatable bonds is 0. The second kappa shape index (κ2) is 2.61. The molecule has 1 fully saturated rings. The van der Waals surface area contributed by atoms with Crippen LogP contribution in [0.4, 0.5) is 0 Å². The Bertz CT molecular complexity index is 484. The van der Waals surface area contributed by atoms with Gasteiger partial charge in [-0.25, -0.2) is 0 Å². The van der Waals surface area contributed by atoms with Crippen LogP contribution < -0.4 is 0 Å². The van der Waals surface area contributed by atoms with Gasteiger partial charge in [0.1, 0.15) is 0 Å². The Labute approximate surface area is 89.1 Å². The Balaban J connectivity index is 1.89. The van der Waals surface area contributed by atoms with E-state index in [1.807, 2.05) is 0 Å². The highest BCUT2D eigenvalue weighted by atomic mass is 16.5. The fourth-order valence-corrected chi connectivity index (χ4v) is 3.03. The maximum Gasteiger partial charge on any atom is 0.0929 e. The molecule has 3 aliphatic rings. The maximum absolute atomic E-state index is 5.91. The zero-order chi connectivity index (χ0) is 9.83. The Morgan fingerprint density at radius 1 is 1.20 bits per heavy atom.